The average molecular weight is 236 g/mol. The Hall–Kier alpha value is -0.970. The van der Waals surface area contributed by atoms with Crippen LogP contribution in [0.1, 0.15) is 20.8 Å². The van der Waals surface area contributed by atoms with E-state index in [1.807, 2.05) is 20.8 Å². The zero-order valence-electron chi connectivity index (χ0n) is 9.80. The van der Waals surface area contributed by atoms with E-state index in [9.17, 15) is 4.79 Å². The molecule has 0 atom stereocenters. The molecule has 0 aromatic rings. The van der Waals surface area contributed by atoms with Crippen molar-refractivity contribution in [3.05, 3.63) is 0 Å². The molecule has 0 heterocycles. The number of aliphatic imine (C=N–C) groups is 1. The van der Waals surface area contributed by atoms with Crippen LogP contribution in [0, 0.1) is 0 Å². The van der Waals surface area contributed by atoms with Crippen molar-refractivity contribution in [2.75, 3.05) is 20.8 Å². The van der Waals surface area contributed by atoms with E-state index in [-0.39, 0.29) is 12.0 Å². The Morgan fingerprint density at radius 1 is 1.53 bits per heavy atom. The maximum Gasteiger partial charge on any atom is 0.411 e. The number of halogens is 1. The van der Waals surface area contributed by atoms with Gasteiger partial charge in [-0.15, -0.1) is 0 Å². The average Bonchev–Trinajstić information content (AvgIpc) is 2.10. The van der Waals surface area contributed by atoms with Gasteiger partial charge in [-0.1, -0.05) is 0 Å². The standard InChI is InChI=1S/C9H18ClN3O2/c1-9(2,3)15-8(14)13(5)6-12-7(10)11-4/h6H2,1-5H3,(H,11,12). The summed E-state index contributed by atoms with van der Waals surface area (Å²) in [6, 6.07) is 0. The summed E-state index contributed by atoms with van der Waals surface area (Å²) in [5.74, 6) is 0. The molecule has 1 amide bonds. The van der Waals surface area contributed by atoms with Crippen LogP contribution in [0.15, 0.2) is 4.99 Å². The Balaban J connectivity index is 4.11. The summed E-state index contributed by atoms with van der Waals surface area (Å²) in [6.07, 6.45) is -0.424. The second kappa shape index (κ2) is 5.80. The second-order valence-electron chi connectivity index (χ2n) is 4.02. The molecule has 0 aromatic carbocycles. The molecule has 0 fully saturated rings. The quantitative estimate of drug-likeness (QED) is 0.450. The summed E-state index contributed by atoms with van der Waals surface area (Å²) >= 11 is 5.61. The van der Waals surface area contributed by atoms with Crippen LogP contribution in [0.2, 0.25) is 0 Å². The highest BCUT2D eigenvalue weighted by Crippen LogP contribution is 2.08. The minimum Gasteiger partial charge on any atom is -0.444 e. The predicted molar refractivity (Wildman–Crippen MR) is 61.2 cm³/mol. The largest absolute Gasteiger partial charge is 0.444 e. The van der Waals surface area contributed by atoms with Gasteiger partial charge in [0.05, 0.1) is 0 Å². The van der Waals surface area contributed by atoms with Crippen LogP contribution in [0.3, 0.4) is 0 Å². The van der Waals surface area contributed by atoms with Crippen LogP contribution < -0.4 is 5.32 Å². The normalized spacial score (nSPS) is 12.3. The summed E-state index contributed by atoms with van der Waals surface area (Å²) in [4.78, 5) is 16.7. The molecule has 6 heteroatoms. The topological polar surface area (TPSA) is 53.9 Å². The van der Waals surface area contributed by atoms with Gasteiger partial charge in [0.25, 0.3) is 0 Å². The Morgan fingerprint density at radius 3 is 2.47 bits per heavy atom. The first kappa shape index (κ1) is 14.0. The number of amides is 1. The van der Waals surface area contributed by atoms with E-state index in [2.05, 4.69) is 10.3 Å². The first-order valence-corrected chi connectivity index (χ1v) is 4.96. The predicted octanol–water partition coefficient (Wildman–Crippen LogP) is 1.62. The van der Waals surface area contributed by atoms with Gasteiger partial charge in [-0.05, 0) is 32.4 Å². The highest BCUT2D eigenvalue weighted by atomic mass is 35.5. The highest BCUT2D eigenvalue weighted by Gasteiger charge is 2.18. The molecular formula is C9H18ClN3O2. The molecular weight excluding hydrogens is 218 g/mol. The molecule has 1 N–H and O–H groups in total. The van der Waals surface area contributed by atoms with Gasteiger partial charge >= 0.3 is 6.09 Å². The molecule has 0 aliphatic carbocycles. The number of carbonyl (C=O) groups excluding carboxylic acids is 1. The fourth-order valence-electron chi connectivity index (χ4n) is 0.645. The molecule has 0 aliphatic rings. The van der Waals surface area contributed by atoms with Crippen molar-refractivity contribution in [3.63, 3.8) is 0 Å². The summed E-state index contributed by atoms with van der Waals surface area (Å²) < 4.78 is 5.12. The molecule has 0 saturated carbocycles. The molecule has 0 rings (SSSR count). The van der Waals surface area contributed by atoms with Crippen LogP contribution in [0.4, 0.5) is 4.79 Å². The number of nitrogens with zero attached hydrogens (tertiary/aromatic N) is 2. The zero-order valence-corrected chi connectivity index (χ0v) is 10.6. The molecule has 0 bridgehead atoms. The van der Waals surface area contributed by atoms with Crippen LogP contribution in [0.25, 0.3) is 0 Å². The minimum absolute atomic E-state index is 0.161. The summed E-state index contributed by atoms with van der Waals surface area (Å²) in [6.45, 7) is 5.59. The van der Waals surface area contributed by atoms with E-state index < -0.39 is 11.7 Å². The number of carbonyl (C=O) groups is 1. The molecule has 88 valence electrons. The lowest BCUT2D eigenvalue weighted by Crippen LogP contribution is -2.34. The van der Waals surface area contributed by atoms with Crippen molar-refractivity contribution in [3.8, 4) is 0 Å². The Morgan fingerprint density at radius 2 is 2.07 bits per heavy atom. The number of nitrogens with one attached hydrogen (secondary N) is 1. The van der Waals surface area contributed by atoms with Crippen molar-refractivity contribution in [1.29, 1.82) is 0 Å². The first-order valence-electron chi connectivity index (χ1n) is 4.58. The SMILES string of the molecule is CN/C(Cl)=N\CN(C)C(=O)OC(C)(C)C. The van der Waals surface area contributed by atoms with E-state index in [0.717, 1.165) is 0 Å². The second-order valence-corrected chi connectivity index (χ2v) is 4.38. The molecule has 0 aromatic heterocycles. The molecule has 5 nitrogen and oxygen atoms in total. The van der Waals surface area contributed by atoms with E-state index >= 15 is 0 Å². The lowest BCUT2D eigenvalue weighted by molar-refractivity contribution is 0.0304. The Kier molecular flexibility index (Phi) is 5.43. The van der Waals surface area contributed by atoms with E-state index in [4.69, 9.17) is 16.3 Å². The monoisotopic (exact) mass is 235 g/mol. The van der Waals surface area contributed by atoms with Crippen molar-refractivity contribution in [2.45, 2.75) is 26.4 Å². The molecule has 0 unspecified atom stereocenters. The van der Waals surface area contributed by atoms with Gasteiger partial charge < -0.3 is 10.1 Å². The summed E-state index contributed by atoms with van der Waals surface area (Å²) in [7, 11) is 3.25. The number of rotatable bonds is 2. The Bertz CT molecular complexity index is 248. The third kappa shape index (κ3) is 7.02. The van der Waals surface area contributed by atoms with Crippen LogP contribution in [-0.4, -0.2) is 42.7 Å². The number of hydrogen-bond acceptors (Lipinski definition) is 3. The van der Waals surface area contributed by atoms with Crippen LogP contribution in [-0.2, 0) is 4.74 Å². The van der Waals surface area contributed by atoms with Gasteiger partial charge in [0.15, 0.2) is 5.29 Å². The van der Waals surface area contributed by atoms with Gasteiger partial charge in [-0.2, -0.15) is 0 Å². The van der Waals surface area contributed by atoms with Gasteiger partial charge in [-0.3, -0.25) is 4.90 Å². The smallest absolute Gasteiger partial charge is 0.411 e. The van der Waals surface area contributed by atoms with E-state index in [1.54, 1.807) is 14.1 Å². The molecule has 0 radical (unpaired) electrons. The maximum atomic E-state index is 11.4. The van der Waals surface area contributed by atoms with Gasteiger partial charge in [0, 0.05) is 14.1 Å². The van der Waals surface area contributed by atoms with Crippen LogP contribution in [0.5, 0.6) is 0 Å². The van der Waals surface area contributed by atoms with Gasteiger partial charge in [0.1, 0.15) is 12.3 Å². The number of hydrogen-bond donors (Lipinski definition) is 1. The highest BCUT2D eigenvalue weighted by molar-refractivity contribution is 6.64. The lowest BCUT2D eigenvalue weighted by Gasteiger charge is -2.23. The third-order valence-electron chi connectivity index (χ3n) is 1.33. The fraction of sp³-hybridized carbons (Fsp3) is 0.778. The molecule has 0 saturated heterocycles. The zero-order chi connectivity index (χ0) is 12.1. The van der Waals surface area contributed by atoms with Crippen molar-refractivity contribution in [1.82, 2.24) is 10.2 Å². The van der Waals surface area contributed by atoms with E-state index in [0.29, 0.717) is 0 Å². The summed E-state index contributed by atoms with van der Waals surface area (Å²) in [5, 5.41) is 2.90. The minimum atomic E-state index is -0.498. The third-order valence-corrected chi connectivity index (χ3v) is 1.64. The Labute approximate surface area is 95.4 Å². The fourth-order valence-corrected chi connectivity index (χ4v) is 0.698. The van der Waals surface area contributed by atoms with Crippen LogP contribution >= 0.6 is 11.6 Å². The molecule has 0 aliphatic heterocycles. The van der Waals surface area contributed by atoms with E-state index in [1.165, 1.54) is 4.90 Å². The number of ether oxygens (including phenoxy) is 1. The van der Waals surface area contributed by atoms with Crippen molar-refractivity contribution in [2.24, 2.45) is 4.99 Å². The van der Waals surface area contributed by atoms with Gasteiger partial charge in [0.2, 0.25) is 0 Å². The summed E-state index contributed by atoms with van der Waals surface area (Å²) in [5.41, 5.74) is -0.498. The van der Waals surface area contributed by atoms with Crippen molar-refractivity contribution >= 4 is 23.0 Å². The maximum absolute atomic E-state index is 11.4. The molecule has 15 heavy (non-hydrogen) atoms. The first-order chi connectivity index (χ1) is 6.76. The van der Waals surface area contributed by atoms with Gasteiger partial charge in [-0.25, -0.2) is 9.79 Å². The lowest BCUT2D eigenvalue weighted by atomic mass is 10.2. The van der Waals surface area contributed by atoms with Crippen molar-refractivity contribution < 1.29 is 9.53 Å². The molecule has 0 spiro atoms. The number of amidine groups is 1.